The van der Waals surface area contributed by atoms with Gasteiger partial charge in [0.05, 0.1) is 9.79 Å². The molecular formula is C8H6N4O3S7. The molecule has 0 spiro atoms. The normalized spacial score (nSPS) is 9.73. The van der Waals surface area contributed by atoms with Crippen LogP contribution < -0.4 is 10.9 Å². The quantitative estimate of drug-likeness (QED) is 0.238. The highest BCUT2D eigenvalue weighted by Gasteiger charge is 2.12. The van der Waals surface area contributed by atoms with Gasteiger partial charge in [0.25, 0.3) is 10.4 Å². The summed E-state index contributed by atoms with van der Waals surface area (Å²) in [6.45, 7) is 0. The van der Waals surface area contributed by atoms with E-state index in [-0.39, 0.29) is 20.2 Å². The molecule has 3 aromatic rings. The Labute approximate surface area is 160 Å². The maximum Gasteiger partial charge on any atom is 0.274 e. The third-order valence-corrected chi connectivity index (χ3v) is 4.31. The molecule has 118 valence electrons. The molecule has 3 rings (SSSR count). The smallest absolute Gasteiger partial charge is 0.274 e. The summed E-state index contributed by atoms with van der Waals surface area (Å²) >= 11 is 23.9. The van der Waals surface area contributed by atoms with Crippen molar-refractivity contribution < 1.29 is 4.42 Å². The Balaban J connectivity index is 0.000000166. The van der Waals surface area contributed by atoms with Crippen molar-refractivity contribution in [1.29, 1.82) is 0 Å². The number of thiol groups is 6. The maximum absolute atomic E-state index is 10.2. The van der Waals surface area contributed by atoms with Crippen LogP contribution in [0.15, 0.2) is 42.9 Å². The molecule has 0 saturated carbocycles. The zero-order chi connectivity index (χ0) is 16.9. The minimum atomic E-state index is -0.529. The van der Waals surface area contributed by atoms with E-state index in [2.05, 4.69) is 101 Å². The van der Waals surface area contributed by atoms with Crippen LogP contribution in [0.3, 0.4) is 0 Å². The molecular weight excluding hydrogens is 425 g/mol. The van der Waals surface area contributed by atoms with Crippen LogP contribution in [0.25, 0.3) is 0 Å². The van der Waals surface area contributed by atoms with Crippen LogP contribution in [-0.4, -0.2) is 20.4 Å². The maximum atomic E-state index is 10.2. The SMILES string of the molecule is O=c1c(S)c(S)c1=O.Sc1nnc(S)o1.Sc1nnc(S)s1. The highest BCUT2D eigenvalue weighted by molar-refractivity contribution is 7.85. The fourth-order valence-corrected chi connectivity index (χ4v) is 2.68. The van der Waals surface area contributed by atoms with Crippen LogP contribution in [0.5, 0.6) is 0 Å². The van der Waals surface area contributed by atoms with Crippen molar-refractivity contribution in [1.82, 2.24) is 20.4 Å². The molecule has 1 aromatic carbocycles. The van der Waals surface area contributed by atoms with Gasteiger partial charge in [-0.2, -0.15) is 0 Å². The summed E-state index contributed by atoms with van der Waals surface area (Å²) in [6.07, 6.45) is 0. The van der Waals surface area contributed by atoms with E-state index in [1.165, 1.54) is 11.3 Å². The number of rotatable bonds is 0. The first-order valence-electron chi connectivity index (χ1n) is 4.86. The van der Waals surface area contributed by atoms with Gasteiger partial charge >= 0.3 is 0 Å². The third-order valence-electron chi connectivity index (χ3n) is 1.67. The summed E-state index contributed by atoms with van der Waals surface area (Å²) in [5.74, 6) is 0. The van der Waals surface area contributed by atoms with Crippen LogP contribution in [0.4, 0.5) is 0 Å². The zero-order valence-electron chi connectivity index (χ0n) is 10.1. The second-order valence-electron chi connectivity index (χ2n) is 3.09. The molecule has 0 radical (unpaired) electrons. The first-order chi connectivity index (χ1) is 10.2. The van der Waals surface area contributed by atoms with Gasteiger partial charge in [-0.1, -0.05) is 36.6 Å². The summed E-state index contributed by atoms with van der Waals surface area (Å²) < 4.78 is 5.90. The van der Waals surface area contributed by atoms with Crippen molar-refractivity contribution in [2.24, 2.45) is 0 Å². The van der Waals surface area contributed by atoms with E-state index in [1.807, 2.05) is 0 Å². The van der Waals surface area contributed by atoms with Crippen LogP contribution in [0.1, 0.15) is 0 Å². The van der Waals surface area contributed by atoms with Crippen LogP contribution in [-0.2, 0) is 0 Å². The fraction of sp³-hybridized carbons (Fsp3) is 0. The third kappa shape index (κ3) is 6.17. The molecule has 7 nitrogen and oxygen atoms in total. The molecule has 2 aromatic heterocycles. The van der Waals surface area contributed by atoms with Crippen molar-refractivity contribution in [2.75, 3.05) is 0 Å². The van der Waals surface area contributed by atoms with Crippen molar-refractivity contribution >= 4 is 87.1 Å². The van der Waals surface area contributed by atoms with E-state index in [4.69, 9.17) is 0 Å². The second-order valence-corrected chi connectivity index (χ2v) is 7.18. The number of aromatic nitrogens is 4. The molecule has 0 amide bonds. The first-order valence-corrected chi connectivity index (χ1v) is 8.36. The van der Waals surface area contributed by atoms with E-state index in [9.17, 15) is 9.59 Å². The molecule has 0 atom stereocenters. The molecule has 0 aliphatic carbocycles. The molecule has 0 unspecified atom stereocenters. The number of hydrogen-bond donors (Lipinski definition) is 6. The molecule has 0 N–H and O–H groups in total. The van der Waals surface area contributed by atoms with Gasteiger partial charge in [0, 0.05) is 0 Å². The first kappa shape index (κ1) is 19.9. The van der Waals surface area contributed by atoms with Gasteiger partial charge in [-0.3, -0.25) is 9.59 Å². The molecule has 0 fully saturated rings. The van der Waals surface area contributed by atoms with E-state index in [0.717, 1.165) is 0 Å². The molecule has 0 bridgehead atoms. The lowest BCUT2D eigenvalue weighted by molar-refractivity contribution is 0.380. The van der Waals surface area contributed by atoms with Crippen molar-refractivity contribution in [3.63, 3.8) is 0 Å². The lowest BCUT2D eigenvalue weighted by Gasteiger charge is -1.93. The number of nitrogens with zero attached hydrogens (tertiary/aromatic N) is 4. The predicted molar refractivity (Wildman–Crippen MR) is 99.1 cm³/mol. The summed E-state index contributed by atoms with van der Waals surface area (Å²) in [5, 5.41) is 14.4. The molecule has 22 heavy (non-hydrogen) atoms. The average Bonchev–Trinajstić information content (AvgIpc) is 3.05. The summed E-state index contributed by atoms with van der Waals surface area (Å²) in [4.78, 5) is 20.8. The van der Waals surface area contributed by atoms with E-state index >= 15 is 0 Å². The fourth-order valence-electron chi connectivity index (χ4n) is 0.784. The molecule has 2 heterocycles. The van der Waals surface area contributed by atoms with Gasteiger partial charge in [-0.25, -0.2) is 0 Å². The van der Waals surface area contributed by atoms with Crippen LogP contribution in [0.2, 0.25) is 0 Å². The van der Waals surface area contributed by atoms with Gasteiger partial charge < -0.3 is 4.42 Å². The predicted octanol–water partition coefficient (Wildman–Crippen LogP) is 1.62. The van der Waals surface area contributed by atoms with Gasteiger partial charge in [-0.15, -0.1) is 70.9 Å². The van der Waals surface area contributed by atoms with E-state index in [0.29, 0.717) is 8.68 Å². The minimum Gasteiger partial charge on any atom is -0.406 e. The van der Waals surface area contributed by atoms with E-state index in [1.54, 1.807) is 0 Å². The Morgan fingerprint density at radius 1 is 0.682 bits per heavy atom. The van der Waals surface area contributed by atoms with Gasteiger partial charge in [0.1, 0.15) is 0 Å². The molecule has 0 saturated heterocycles. The Hall–Kier alpha value is -0.120. The van der Waals surface area contributed by atoms with Gasteiger partial charge in [0.2, 0.25) is 10.9 Å². The monoisotopic (exact) mass is 430 g/mol. The highest BCUT2D eigenvalue weighted by atomic mass is 32.2. The van der Waals surface area contributed by atoms with Crippen molar-refractivity contribution in [2.45, 2.75) is 28.9 Å². The largest absolute Gasteiger partial charge is 0.406 e. The average molecular weight is 431 g/mol. The zero-order valence-corrected chi connectivity index (χ0v) is 16.3. The Kier molecular flexibility index (Phi) is 8.37. The lowest BCUT2D eigenvalue weighted by atomic mass is 10.3. The van der Waals surface area contributed by atoms with E-state index < -0.39 is 10.9 Å². The van der Waals surface area contributed by atoms with Crippen molar-refractivity contribution in [3.8, 4) is 0 Å². The van der Waals surface area contributed by atoms with Crippen LogP contribution >= 0.6 is 87.1 Å². The number of hydrogen-bond acceptors (Lipinski definition) is 14. The standard InChI is InChI=1S/C4H2O2S2.C2H2N2OS2.C2H2N2S3/c5-1-2(6)4(8)3(1)7;6-1-3-4-2(7)5-1;5-1-3-4-2(6)7-1/h7-8H;(H,3,6)(H,4,7);(H,3,5)(H,4,6). The molecule has 14 heteroatoms. The summed E-state index contributed by atoms with van der Waals surface area (Å²) in [6, 6.07) is 0. The topological polar surface area (TPSA) is 98.8 Å². The van der Waals surface area contributed by atoms with Gasteiger partial charge in [-0.05, 0) is 0 Å². The second kappa shape index (κ2) is 9.24. The Morgan fingerprint density at radius 2 is 1.05 bits per heavy atom. The Bertz CT molecular complexity index is 721. The molecule has 0 aliphatic heterocycles. The van der Waals surface area contributed by atoms with Crippen molar-refractivity contribution in [3.05, 3.63) is 20.4 Å². The molecule has 0 aliphatic rings. The summed E-state index contributed by atoms with van der Waals surface area (Å²) in [7, 11) is 0. The minimum absolute atomic E-state index is 0.179. The lowest BCUT2D eigenvalue weighted by Crippen LogP contribution is -2.32. The van der Waals surface area contributed by atoms with Gasteiger partial charge in [0.15, 0.2) is 8.68 Å². The summed E-state index contributed by atoms with van der Waals surface area (Å²) in [5.41, 5.74) is -1.06. The van der Waals surface area contributed by atoms with Crippen LogP contribution in [0, 0.1) is 0 Å². The Morgan fingerprint density at radius 3 is 1.18 bits per heavy atom. The highest BCUT2D eigenvalue weighted by Crippen LogP contribution is 2.15.